The molecule has 4 nitrogen and oxygen atoms in total. The van der Waals surface area contributed by atoms with Crippen molar-refractivity contribution >= 4 is 11.9 Å². The number of carbonyl (C=O) groups is 2. The molecule has 0 spiro atoms. The number of carbonyl (C=O) groups excluding carboxylic acids is 2. The van der Waals surface area contributed by atoms with Crippen LogP contribution < -0.4 is 0 Å². The minimum Gasteiger partial charge on any atom is -0.458 e. The average molecular weight is 461 g/mol. The Kier molecular flexibility index (Phi) is 11.1. The van der Waals surface area contributed by atoms with Crippen LogP contribution in [0.25, 0.3) is 0 Å². The summed E-state index contributed by atoms with van der Waals surface area (Å²) in [5.74, 6) is -0.877. The van der Waals surface area contributed by atoms with Gasteiger partial charge in [-0.1, -0.05) is 88.0 Å². The van der Waals surface area contributed by atoms with Crippen molar-refractivity contribution in [3.05, 3.63) is 34.4 Å². The van der Waals surface area contributed by atoms with Crippen LogP contribution in [0.4, 0.5) is 0 Å². The van der Waals surface area contributed by atoms with Crippen molar-refractivity contribution in [1.29, 1.82) is 0 Å². The molecular formula is C29H48O4. The molecule has 2 unspecified atom stereocenters. The zero-order valence-electron chi connectivity index (χ0n) is 22.9. The van der Waals surface area contributed by atoms with Crippen molar-refractivity contribution in [3.63, 3.8) is 0 Å². The lowest BCUT2D eigenvalue weighted by molar-refractivity contribution is -0.0106. The predicted octanol–water partition coefficient (Wildman–Crippen LogP) is 8.08. The van der Waals surface area contributed by atoms with Crippen LogP contribution >= 0.6 is 0 Å². The molecule has 0 heterocycles. The van der Waals surface area contributed by atoms with E-state index in [2.05, 4.69) is 62.3 Å². The van der Waals surface area contributed by atoms with E-state index < -0.39 is 11.9 Å². The fourth-order valence-electron chi connectivity index (χ4n) is 3.97. The minimum absolute atomic E-state index is 0.179. The van der Waals surface area contributed by atoms with Gasteiger partial charge in [0, 0.05) is 0 Å². The molecule has 188 valence electrons. The van der Waals surface area contributed by atoms with Crippen molar-refractivity contribution in [2.75, 3.05) is 0 Å². The SMILES string of the molecule is CCCCC(OC(=O)c1cc(C)c(CC)cc1C(=O)OC(CCCC)C(C)(C)C)C(C)(C)C. The van der Waals surface area contributed by atoms with Gasteiger partial charge in [0.2, 0.25) is 0 Å². The zero-order chi connectivity index (χ0) is 25.4. The molecule has 1 aromatic rings. The van der Waals surface area contributed by atoms with Gasteiger partial charge in [0.25, 0.3) is 0 Å². The molecule has 1 rings (SSSR count). The molecule has 0 aliphatic heterocycles. The molecule has 0 fully saturated rings. The molecule has 4 heteroatoms. The third-order valence-corrected chi connectivity index (χ3v) is 6.37. The Hall–Kier alpha value is -1.84. The highest BCUT2D eigenvalue weighted by Gasteiger charge is 2.32. The van der Waals surface area contributed by atoms with Crippen LogP contribution in [0.3, 0.4) is 0 Å². The van der Waals surface area contributed by atoms with Gasteiger partial charge in [0.15, 0.2) is 0 Å². The van der Waals surface area contributed by atoms with Crippen LogP contribution in [0.5, 0.6) is 0 Å². The third-order valence-electron chi connectivity index (χ3n) is 6.37. The molecule has 0 aliphatic carbocycles. The van der Waals surface area contributed by atoms with Gasteiger partial charge in [-0.15, -0.1) is 0 Å². The largest absolute Gasteiger partial charge is 0.458 e. The lowest BCUT2D eigenvalue weighted by Gasteiger charge is -2.31. The first-order chi connectivity index (χ1) is 15.3. The molecule has 0 saturated carbocycles. The highest BCUT2D eigenvalue weighted by atomic mass is 16.6. The van der Waals surface area contributed by atoms with Gasteiger partial charge in [-0.05, 0) is 60.3 Å². The Labute approximate surface area is 202 Å². The van der Waals surface area contributed by atoms with E-state index in [1.54, 1.807) is 6.07 Å². The first-order valence-corrected chi connectivity index (χ1v) is 12.8. The van der Waals surface area contributed by atoms with Crippen molar-refractivity contribution < 1.29 is 19.1 Å². The quantitative estimate of drug-likeness (QED) is 0.313. The molecule has 1 aromatic carbocycles. The number of hydrogen-bond donors (Lipinski definition) is 0. The second kappa shape index (κ2) is 12.6. The highest BCUT2D eigenvalue weighted by molar-refractivity contribution is 6.03. The number of ether oxygens (including phenoxy) is 2. The molecule has 0 radical (unpaired) electrons. The summed E-state index contributed by atoms with van der Waals surface area (Å²) in [5.41, 5.74) is 2.29. The van der Waals surface area contributed by atoms with E-state index in [1.807, 2.05) is 13.0 Å². The van der Waals surface area contributed by atoms with E-state index in [4.69, 9.17) is 9.47 Å². The Bertz CT molecular complexity index is 780. The average Bonchev–Trinajstić information content (AvgIpc) is 2.71. The Morgan fingerprint density at radius 1 is 0.758 bits per heavy atom. The number of esters is 2. The molecule has 0 N–H and O–H groups in total. The molecule has 0 amide bonds. The lowest BCUT2D eigenvalue weighted by atomic mass is 9.85. The van der Waals surface area contributed by atoms with Crippen LogP contribution in [0.1, 0.15) is 133 Å². The van der Waals surface area contributed by atoms with Crippen LogP contribution in [-0.4, -0.2) is 24.1 Å². The Morgan fingerprint density at radius 3 is 1.48 bits per heavy atom. The van der Waals surface area contributed by atoms with E-state index in [0.29, 0.717) is 11.1 Å². The summed E-state index contributed by atoms with van der Waals surface area (Å²) < 4.78 is 12.0. The number of hydrogen-bond acceptors (Lipinski definition) is 4. The standard InChI is InChI=1S/C29H48O4/c1-11-14-16-24(28(5,6)7)32-26(30)22-18-20(4)21(13-3)19-23(22)27(31)33-25(17-15-12-2)29(8,9)10/h18-19,24-25H,11-17H2,1-10H3. The number of rotatable bonds is 11. The summed E-state index contributed by atoms with van der Waals surface area (Å²) in [4.78, 5) is 26.8. The van der Waals surface area contributed by atoms with Crippen LogP contribution in [-0.2, 0) is 15.9 Å². The van der Waals surface area contributed by atoms with Crippen LogP contribution in [0.15, 0.2) is 12.1 Å². The maximum atomic E-state index is 13.4. The fourth-order valence-corrected chi connectivity index (χ4v) is 3.97. The van der Waals surface area contributed by atoms with Gasteiger partial charge in [0.05, 0.1) is 11.1 Å². The maximum Gasteiger partial charge on any atom is 0.339 e. The summed E-state index contributed by atoms with van der Waals surface area (Å²) in [6.07, 6.45) is 6.02. The van der Waals surface area contributed by atoms with Crippen molar-refractivity contribution in [3.8, 4) is 0 Å². The third kappa shape index (κ3) is 8.79. The topological polar surface area (TPSA) is 52.6 Å². The number of aryl methyl sites for hydroxylation is 2. The van der Waals surface area contributed by atoms with Gasteiger partial charge < -0.3 is 9.47 Å². The van der Waals surface area contributed by atoms with E-state index in [9.17, 15) is 9.59 Å². The summed E-state index contributed by atoms with van der Waals surface area (Å²) >= 11 is 0. The van der Waals surface area contributed by atoms with E-state index >= 15 is 0 Å². The Morgan fingerprint density at radius 2 is 1.15 bits per heavy atom. The minimum atomic E-state index is -0.440. The second-order valence-corrected chi connectivity index (χ2v) is 11.5. The summed E-state index contributed by atoms with van der Waals surface area (Å²) in [7, 11) is 0. The molecule has 0 bridgehead atoms. The van der Waals surface area contributed by atoms with Crippen LogP contribution in [0.2, 0.25) is 0 Å². The molecule has 33 heavy (non-hydrogen) atoms. The van der Waals surface area contributed by atoms with Gasteiger partial charge in [-0.25, -0.2) is 9.59 Å². The normalized spacial score (nSPS) is 14.0. The zero-order valence-corrected chi connectivity index (χ0v) is 22.9. The van der Waals surface area contributed by atoms with Gasteiger partial charge in [-0.3, -0.25) is 0 Å². The molecule has 2 atom stereocenters. The summed E-state index contributed by atoms with van der Waals surface area (Å²) in [6, 6.07) is 3.63. The predicted molar refractivity (Wildman–Crippen MR) is 137 cm³/mol. The lowest BCUT2D eigenvalue weighted by Crippen LogP contribution is -2.34. The van der Waals surface area contributed by atoms with Gasteiger partial charge >= 0.3 is 11.9 Å². The van der Waals surface area contributed by atoms with Crippen molar-refractivity contribution in [2.24, 2.45) is 10.8 Å². The molecular weight excluding hydrogens is 412 g/mol. The van der Waals surface area contributed by atoms with E-state index in [-0.39, 0.29) is 23.0 Å². The van der Waals surface area contributed by atoms with Crippen molar-refractivity contribution in [1.82, 2.24) is 0 Å². The van der Waals surface area contributed by atoms with Crippen LogP contribution in [0, 0.1) is 17.8 Å². The smallest absolute Gasteiger partial charge is 0.339 e. The molecule has 0 saturated heterocycles. The summed E-state index contributed by atoms with van der Waals surface area (Å²) in [6.45, 7) is 20.8. The molecule has 0 aromatic heterocycles. The highest BCUT2D eigenvalue weighted by Crippen LogP contribution is 2.31. The van der Waals surface area contributed by atoms with E-state index in [0.717, 1.165) is 56.1 Å². The monoisotopic (exact) mass is 460 g/mol. The summed E-state index contributed by atoms with van der Waals surface area (Å²) in [5, 5.41) is 0. The second-order valence-electron chi connectivity index (χ2n) is 11.5. The van der Waals surface area contributed by atoms with Crippen molar-refractivity contribution in [2.45, 2.75) is 126 Å². The first kappa shape index (κ1) is 29.2. The van der Waals surface area contributed by atoms with Gasteiger partial charge in [-0.2, -0.15) is 0 Å². The maximum absolute atomic E-state index is 13.4. The van der Waals surface area contributed by atoms with Gasteiger partial charge in [0.1, 0.15) is 12.2 Å². The number of benzene rings is 1. The number of unbranched alkanes of at least 4 members (excludes halogenated alkanes) is 2. The van der Waals surface area contributed by atoms with E-state index in [1.165, 1.54) is 0 Å². The Balaban J connectivity index is 3.35. The molecule has 0 aliphatic rings. The fraction of sp³-hybridized carbons (Fsp3) is 0.724. The first-order valence-electron chi connectivity index (χ1n) is 12.8.